The molecule has 0 heterocycles. The number of aliphatic hydroxyl groups is 1. The summed E-state index contributed by atoms with van der Waals surface area (Å²) in [5.41, 5.74) is 0.565. The normalized spacial score (nSPS) is 12.3. The van der Waals surface area contributed by atoms with Crippen molar-refractivity contribution in [3.8, 4) is 5.75 Å². The van der Waals surface area contributed by atoms with Crippen molar-refractivity contribution in [3.63, 3.8) is 0 Å². The molecule has 4 nitrogen and oxygen atoms in total. The monoisotopic (exact) mass is 269 g/mol. The highest BCUT2D eigenvalue weighted by Gasteiger charge is 2.12. The van der Waals surface area contributed by atoms with E-state index < -0.39 is 11.9 Å². The molecule has 0 fully saturated rings. The predicted octanol–water partition coefficient (Wildman–Crippen LogP) is 1.51. The maximum absolute atomic E-state index is 13.4. The number of amides is 1. The van der Waals surface area contributed by atoms with Crippen LogP contribution in [0.25, 0.3) is 0 Å². The number of carbonyl (C=O) groups excluding carboxylic acids is 1. The van der Waals surface area contributed by atoms with Crippen molar-refractivity contribution in [2.75, 3.05) is 13.7 Å². The number of methoxy groups -OCH3 is 1. The van der Waals surface area contributed by atoms with Gasteiger partial charge >= 0.3 is 0 Å². The van der Waals surface area contributed by atoms with E-state index in [-0.39, 0.29) is 30.5 Å². The fraction of sp³-hybridized carbons (Fsp3) is 0.500. The number of rotatable bonds is 6. The molecular weight excluding hydrogens is 249 g/mol. The van der Waals surface area contributed by atoms with Crippen molar-refractivity contribution in [2.45, 2.75) is 26.4 Å². The fourth-order valence-corrected chi connectivity index (χ4v) is 1.52. The fourth-order valence-electron chi connectivity index (χ4n) is 1.52. The summed E-state index contributed by atoms with van der Waals surface area (Å²) in [5.74, 6) is -0.502. The summed E-state index contributed by atoms with van der Waals surface area (Å²) in [6.45, 7) is 3.94. The number of aliphatic hydroxyl groups excluding tert-OH is 1. The Kier molecular flexibility index (Phi) is 5.76. The Morgan fingerprint density at radius 3 is 2.68 bits per heavy atom. The Hall–Kier alpha value is -1.62. The number of halogens is 1. The zero-order chi connectivity index (χ0) is 14.4. The highest BCUT2D eigenvalue weighted by atomic mass is 19.1. The van der Waals surface area contributed by atoms with Crippen molar-refractivity contribution in [1.82, 2.24) is 5.32 Å². The Morgan fingerprint density at radius 1 is 1.47 bits per heavy atom. The third-order valence-corrected chi connectivity index (χ3v) is 2.86. The van der Waals surface area contributed by atoms with Gasteiger partial charge in [-0.15, -0.1) is 0 Å². The smallest absolute Gasteiger partial charge is 0.224 e. The first-order valence-corrected chi connectivity index (χ1v) is 6.21. The minimum atomic E-state index is -0.573. The third-order valence-electron chi connectivity index (χ3n) is 2.86. The van der Waals surface area contributed by atoms with Crippen LogP contribution >= 0.6 is 0 Å². The lowest BCUT2D eigenvalue weighted by Gasteiger charge is -2.15. The van der Waals surface area contributed by atoms with Gasteiger partial charge in [-0.1, -0.05) is 19.9 Å². The van der Waals surface area contributed by atoms with Crippen LogP contribution in [0, 0.1) is 11.7 Å². The molecule has 0 bridgehead atoms. The maximum atomic E-state index is 13.4. The molecule has 0 aliphatic carbocycles. The second-order valence-corrected chi connectivity index (χ2v) is 4.76. The topological polar surface area (TPSA) is 58.6 Å². The van der Waals surface area contributed by atoms with Gasteiger partial charge in [-0.2, -0.15) is 0 Å². The molecule has 1 atom stereocenters. The summed E-state index contributed by atoms with van der Waals surface area (Å²) < 4.78 is 18.2. The molecule has 1 rings (SSSR count). The standard InChI is InChI=1S/C14H20FNO3/c1-9(2)12(17)8-16-14(18)7-10-4-5-13(19-3)11(15)6-10/h4-6,9,12,17H,7-8H2,1-3H3,(H,16,18). The van der Waals surface area contributed by atoms with Crippen LogP contribution in [-0.2, 0) is 11.2 Å². The van der Waals surface area contributed by atoms with Crippen LogP contribution in [0.4, 0.5) is 4.39 Å². The Morgan fingerprint density at radius 2 is 2.16 bits per heavy atom. The molecule has 0 saturated heterocycles. The predicted molar refractivity (Wildman–Crippen MR) is 70.5 cm³/mol. The van der Waals surface area contributed by atoms with Crippen LogP contribution < -0.4 is 10.1 Å². The molecule has 19 heavy (non-hydrogen) atoms. The number of carbonyl (C=O) groups is 1. The van der Waals surface area contributed by atoms with Crippen LogP contribution in [0.2, 0.25) is 0 Å². The molecule has 0 aromatic heterocycles. The molecule has 1 amide bonds. The average molecular weight is 269 g/mol. The Labute approximate surface area is 112 Å². The molecule has 1 aromatic rings. The molecule has 0 saturated carbocycles. The first-order chi connectivity index (χ1) is 8.93. The van der Waals surface area contributed by atoms with Crippen molar-refractivity contribution >= 4 is 5.91 Å². The minimum Gasteiger partial charge on any atom is -0.494 e. The van der Waals surface area contributed by atoms with Crippen molar-refractivity contribution in [1.29, 1.82) is 0 Å². The van der Waals surface area contributed by atoms with E-state index in [9.17, 15) is 14.3 Å². The lowest BCUT2D eigenvalue weighted by atomic mass is 10.1. The minimum absolute atomic E-state index is 0.0751. The number of hydrogen-bond donors (Lipinski definition) is 2. The van der Waals surface area contributed by atoms with Gasteiger partial charge in [0, 0.05) is 6.54 Å². The lowest BCUT2D eigenvalue weighted by Crippen LogP contribution is -2.35. The molecule has 0 radical (unpaired) electrons. The summed E-state index contributed by atoms with van der Waals surface area (Å²) >= 11 is 0. The number of hydrogen-bond acceptors (Lipinski definition) is 3. The second kappa shape index (κ2) is 7.09. The van der Waals surface area contributed by atoms with E-state index >= 15 is 0 Å². The van der Waals surface area contributed by atoms with Gasteiger partial charge in [0.25, 0.3) is 0 Å². The lowest BCUT2D eigenvalue weighted by molar-refractivity contribution is -0.121. The van der Waals surface area contributed by atoms with Gasteiger partial charge in [-0.05, 0) is 23.6 Å². The van der Waals surface area contributed by atoms with E-state index in [0.717, 1.165) is 0 Å². The molecule has 5 heteroatoms. The SMILES string of the molecule is COc1ccc(CC(=O)NCC(O)C(C)C)cc1F. The molecule has 1 aromatic carbocycles. The van der Waals surface area contributed by atoms with Gasteiger partial charge in [0.1, 0.15) is 0 Å². The van der Waals surface area contributed by atoms with Crippen molar-refractivity contribution < 1.29 is 19.0 Å². The molecule has 1 unspecified atom stereocenters. The second-order valence-electron chi connectivity index (χ2n) is 4.76. The molecule has 0 aliphatic heterocycles. The summed E-state index contributed by atoms with van der Waals surface area (Å²) in [7, 11) is 1.39. The Bertz CT molecular complexity index is 435. The van der Waals surface area contributed by atoms with E-state index in [4.69, 9.17) is 4.74 Å². The van der Waals surface area contributed by atoms with Crippen molar-refractivity contribution in [3.05, 3.63) is 29.6 Å². The maximum Gasteiger partial charge on any atom is 0.224 e. The van der Waals surface area contributed by atoms with Gasteiger partial charge in [0.15, 0.2) is 11.6 Å². The molecule has 0 spiro atoms. The highest BCUT2D eigenvalue weighted by molar-refractivity contribution is 5.78. The summed E-state index contributed by atoms with van der Waals surface area (Å²) in [5, 5.41) is 12.2. The van der Waals surface area contributed by atoms with Gasteiger partial charge in [-0.3, -0.25) is 4.79 Å². The van der Waals surface area contributed by atoms with E-state index in [1.807, 2.05) is 13.8 Å². The summed E-state index contributed by atoms with van der Waals surface area (Å²) in [6.07, 6.45) is -0.498. The first kappa shape index (κ1) is 15.4. The summed E-state index contributed by atoms with van der Waals surface area (Å²) in [4.78, 5) is 11.6. The summed E-state index contributed by atoms with van der Waals surface area (Å²) in [6, 6.07) is 4.40. The van der Waals surface area contributed by atoms with Gasteiger partial charge in [0.2, 0.25) is 5.91 Å². The Balaban J connectivity index is 2.51. The largest absolute Gasteiger partial charge is 0.494 e. The first-order valence-electron chi connectivity index (χ1n) is 6.21. The number of nitrogens with one attached hydrogen (secondary N) is 1. The molecular formula is C14H20FNO3. The number of ether oxygens (including phenoxy) is 1. The van der Waals surface area contributed by atoms with Crippen LogP contribution in [-0.4, -0.2) is 30.8 Å². The van der Waals surface area contributed by atoms with Crippen molar-refractivity contribution in [2.24, 2.45) is 5.92 Å². The zero-order valence-corrected chi connectivity index (χ0v) is 11.4. The van der Waals surface area contributed by atoms with E-state index in [2.05, 4.69) is 5.32 Å². The quantitative estimate of drug-likeness (QED) is 0.823. The molecule has 2 N–H and O–H groups in total. The van der Waals surface area contributed by atoms with Crippen LogP contribution in [0.15, 0.2) is 18.2 Å². The average Bonchev–Trinajstić information content (AvgIpc) is 2.36. The van der Waals surface area contributed by atoms with Gasteiger partial charge < -0.3 is 15.2 Å². The molecule has 0 aliphatic rings. The van der Waals surface area contributed by atoms with Crippen LogP contribution in [0.5, 0.6) is 5.75 Å². The van der Waals surface area contributed by atoms with Crippen LogP contribution in [0.1, 0.15) is 19.4 Å². The van der Waals surface area contributed by atoms with E-state index in [1.54, 1.807) is 6.07 Å². The van der Waals surface area contributed by atoms with Gasteiger partial charge in [0.05, 0.1) is 19.6 Å². The van der Waals surface area contributed by atoms with E-state index in [1.165, 1.54) is 19.2 Å². The van der Waals surface area contributed by atoms with Crippen LogP contribution in [0.3, 0.4) is 0 Å². The zero-order valence-electron chi connectivity index (χ0n) is 11.4. The number of benzene rings is 1. The molecule has 106 valence electrons. The van der Waals surface area contributed by atoms with Gasteiger partial charge in [-0.25, -0.2) is 4.39 Å². The third kappa shape index (κ3) is 4.87. The van der Waals surface area contributed by atoms with E-state index in [0.29, 0.717) is 5.56 Å². The highest BCUT2D eigenvalue weighted by Crippen LogP contribution is 2.17.